The Kier molecular flexibility index (Phi) is 4.10. The Labute approximate surface area is 126 Å². The molecule has 2 atom stereocenters. The molecule has 2 unspecified atom stereocenters. The van der Waals surface area contributed by atoms with Crippen LogP contribution in [0.2, 0.25) is 0 Å². The summed E-state index contributed by atoms with van der Waals surface area (Å²) in [6.07, 6.45) is 7.38. The van der Waals surface area contributed by atoms with Crippen molar-refractivity contribution < 1.29 is 9.21 Å². The highest BCUT2D eigenvalue weighted by Crippen LogP contribution is 2.25. The molecular formula is C16H18BrNO2. The topological polar surface area (TPSA) is 42.2 Å². The summed E-state index contributed by atoms with van der Waals surface area (Å²) < 4.78 is 5.44. The first-order chi connectivity index (χ1) is 9.75. The summed E-state index contributed by atoms with van der Waals surface area (Å²) in [6, 6.07) is 7.84. The number of para-hydroxylation sites is 1. The molecule has 3 nitrogen and oxygen atoms in total. The molecule has 0 spiro atoms. The van der Waals surface area contributed by atoms with Crippen LogP contribution in [0.25, 0.3) is 11.0 Å². The van der Waals surface area contributed by atoms with Gasteiger partial charge in [0.25, 0.3) is 5.91 Å². The Morgan fingerprint density at radius 3 is 2.90 bits per heavy atom. The van der Waals surface area contributed by atoms with Gasteiger partial charge in [0.15, 0.2) is 0 Å². The first-order valence-electron chi connectivity index (χ1n) is 7.17. The molecule has 4 heteroatoms. The maximum atomic E-state index is 12.5. The maximum absolute atomic E-state index is 12.5. The fraction of sp³-hybridized carbons (Fsp3) is 0.438. The molecule has 1 aromatic carbocycles. The number of fused-ring (bicyclic) bond motifs is 1. The van der Waals surface area contributed by atoms with E-state index in [1.54, 1.807) is 6.26 Å². The standard InChI is InChI=1S/C16H18BrNO2/c17-13-7-2-1-3-8-14(13)18-16(19)12-10-20-15-9-5-4-6-11(12)15/h4-6,9-10,13-14H,1-3,7-8H2,(H,18,19). The molecule has 106 valence electrons. The summed E-state index contributed by atoms with van der Waals surface area (Å²) >= 11 is 3.71. The van der Waals surface area contributed by atoms with Crippen LogP contribution in [-0.2, 0) is 0 Å². The van der Waals surface area contributed by atoms with Crippen molar-refractivity contribution in [2.75, 3.05) is 0 Å². The lowest BCUT2D eigenvalue weighted by atomic mass is 10.1. The summed E-state index contributed by atoms with van der Waals surface area (Å²) in [6.45, 7) is 0. The SMILES string of the molecule is O=C(NC1CCCCCC1Br)c1coc2ccccc12. The molecule has 1 amide bonds. The van der Waals surface area contributed by atoms with E-state index in [9.17, 15) is 4.79 Å². The van der Waals surface area contributed by atoms with Crippen molar-refractivity contribution in [3.63, 3.8) is 0 Å². The maximum Gasteiger partial charge on any atom is 0.255 e. The van der Waals surface area contributed by atoms with Crippen molar-refractivity contribution in [3.8, 4) is 0 Å². The molecular weight excluding hydrogens is 318 g/mol. The molecule has 1 aliphatic rings. The lowest BCUT2D eigenvalue weighted by molar-refractivity contribution is 0.0935. The van der Waals surface area contributed by atoms with Crippen LogP contribution in [-0.4, -0.2) is 16.8 Å². The summed E-state index contributed by atoms with van der Waals surface area (Å²) in [5.74, 6) is -0.0358. The third-order valence-electron chi connectivity index (χ3n) is 3.97. The number of benzene rings is 1. The minimum atomic E-state index is -0.0358. The first-order valence-corrected chi connectivity index (χ1v) is 8.08. The van der Waals surface area contributed by atoms with Crippen molar-refractivity contribution in [2.45, 2.75) is 43.0 Å². The predicted molar refractivity (Wildman–Crippen MR) is 83.3 cm³/mol. The van der Waals surface area contributed by atoms with Gasteiger partial charge in [-0.3, -0.25) is 4.79 Å². The quantitative estimate of drug-likeness (QED) is 0.658. The monoisotopic (exact) mass is 335 g/mol. The van der Waals surface area contributed by atoms with Crippen molar-refractivity contribution in [2.24, 2.45) is 0 Å². The molecule has 0 bridgehead atoms. The van der Waals surface area contributed by atoms with Gasteiger partial charge in [-0.15, -0.1) is 0 Å². The number of amides is 1. The van der Waals surface area contributed by atoms with E-state index in [1.165, 1.54) is 19.3 Å². The van der Waals surface area contributed by atoms with Gasteiger partial charge in [-0.25, -0.2) is 0 Å². The molecule has 20 heavy (non-hydrogen) atoms. The van der Waals surface area contributed by atoms with Gasteiger partial charge in [0, 0.05) is 16.3 Å². The number of rotatable bonds is 2. The number of carbonyl (C=O) groups excluding carboxylic acids is 1. The molecule has 1 aliphatic carbocycles. The van der Waals surface area contributed by atoms with E-state index < -0.39 is 0 Å². The van der Waals surface area contributed by atoms with Crippen LogP contribution in [0.5, 0.6) is 0 Å². The van der Waals surface area contributed by atoms with Gasteiger partial charge in [-0.05, 0) is 18.9 Å². The molecule has 2 aromatic rings. The third-order valence-corrected chi connectivity index (χ3v) is 5.07. The Bertz CT molecular complexity index is 607. The summed E-state index contributed by atoms with van der Waals surface area (Å²) in [5.41, 5.74) is 1.39. The number of furan rings is 1. The van der Waals surface area contributed by atoms with E-state index in [1.807, 2.05) is 24.3 Å². The van der Waals surface area contributed by atoms with Crippen LogP contribution in [0.3, 0.4) is 0 Å². The number of hydrogen-bond donors (Lipinski definition) is 1. The average molecular weight is 336 g/mol. The van der Waals surface area contributed by atoms with Crippen molar-refractivity contribution in [3.05, 3.63) is 36.1 Å². The lowest BCUT2D eigenvalue weighted by Gasteiger charge is -2.21. The lowest BCUT2D eigenvalue weighted by Crippen LogP contribution is -2.40. The fourth-order valence-corrected chi connectivity index (χ4v) is 3.55. The first kappa shape index (κ1) is 13.7. The van der Waals surface area contributed by atoms with Crippen molar-refractivity contribution in [1.82, 2.24) is 5.32 Å². The average Bonchev–Trinajstić information content (AvgIpc) is 2.79. The van der Waals surface area contributed by atoms with Gasteiger partial charge in [0.05, 0.1) is 5.56 Å². The number of halogens is 1. The molecule has 3 rings (SSSR count). The Morgan fingerprint density at radius 1 is 1.20 bits per heavy atom. The fourth-order valence-electron chi connectivity index (χ4n) is 2.82. The minimum absolute atomic E-state index is 0.0358. The molecule has 0 saturated heterocycles. The zero-order chi connectivity index (χ0) is 13.9. The highest BCUT2D eigenvalue weighted by molar-refractivity contribution is 9.09. The van der Waals surface area contributed by atoms with E-state index in [-0.39, 0.29) is 11.9 Å². The number of alkyl halides is 1. The molecule has 1 heterocycles. The van der Waals surface area contributed by atoms with E-state index in [0.717, 1.165) is 23.8 Å². The van der Waals surface area contributed by atoms with Gasteiger partial charge in [0.1, 0.15) is 11.8 Å². The summed E-state index contributed by atoms with van der Waals surface area (Å²) in [7, 11) is 0. The Balaban J connectivity index is 1.78. The van der Waals surface area contributed by atoms with Crippen LogP contribution < -0.4 is 5.32 Å². The normalized spacial score (nSPS) is 23.4. The Hall–Kier alpha value is -1.29. The predicted octanol–water partition coefficient (Wildman–Crippen LogP) is 4.26. The molecule has 1 fully saturated rings. The molecule has 0 aliphatic heterocycles. The molecule has 1 aromatic heterocycles. The number of carbonyl (C=O) groups is 1. The zero-order valence-electron chi connectivity index (χ0n) is 11.3. The summed E-state index contributed by atoms with van der Waals surface area (Å²) in [5, 5.41) is 4.04. The highest BCUT2D eigenvalue weighted by atomic mass is 79.9. The van der Waals surface area contributed by atoms with E-state index >= 15 is 0 Å². The number of nitrogens with one attached hydrogen (secondary N) is 1. The van der Waals surface area contributed by atoms with Crippen molar-refractivity contribution >= 4 is 32.8 Å². The van der Waals surface area contributed by atoms with Gasteiger partial charge in [-0.2, -0.15) is 0 Å². The highest BCUT2D eigenvalue weighted by Gasteiger charge is 2.24. The molecule has 1 saturated carbocycles. The second-order valence-electron chi connectivity index (χ2n) is 5.38. The molecule has 1 N–H and O–H groups in total. The van der Waals surface area contributed by atoms with E-state index in [2.05, 4.69) is 21.2 Å². The Morgan fingerprint density at radius 2 is 2.00 bits per heavy atom. The van der Waals surface area contributed by atoms with Crippen LogP contribution >= 0.6 is 15.9 Å². The largest absolute Gasteiger partial charge is 0.463 e. The smallest absolute Gasteiger partial charge is 0.255 e. The van der Waals surface area contributed by atoms with E-state index in [4.69, 9.17) is 4.42 Å². The zero-order valence-corrected chi connectivity index (χ0v) is 12.9. The molecule has 0 radical (unpaired) electrons. The minimum Gasteiger partial charge on any atom is -0.463 e. The number of hydrogen-bond acceptors (Lipinski definition) is 2. The van der Waals surface area contributed by atoms with Crippen LogP contribution in [0.4, 0.5) is 0 Å². The van der Waals surface area contributed by atoms with Crippen LogP contribution in [0.1, 0.15) is 42.5 Å². The third kappa shape index (κ3) is 2.75. The second-order valence-corrected chi connectivity index (χ2v) is 6.56. The van der Waals surface area contributed by atoms with Crippen LogP contribution in [0.15, 0.2) is 34.9 Å². The second kappa shape index (κ2) is 6.00. The van der Waals surface area contributed by atoms with Gasteiger partial charge < -0.3 is 9.73 Å². The van der Waals surface area contributed by atoms with Gasteiger partial charge in [-0.1, -0.05) is 53.4 Å². The van der Waals surface area contributed by atoms with Crippen molar-refractivity contribution in [1.29, 1.82) is 0 Å². The summed E-state index contributed by atoms with van der Waals surface area (Å²) in [4.78, 5) is 12.8. The van der Waals surface area contributed by atoms with E-state index in [0.29, 0.717) is 10.4 Å². The van der Waals surface area contributed by atoms with Gasteiger partial charge >= 0.3 is 0 Å². The van der Waals surface area contributed by atoms with Gasteiger partial charge in [0.2, 0.25) is 0 Å². The van der Waals surface area contributed by atoms with Crippen LogP contribution in [0, 0.1) is 0 Å².